The molecule has 0 spiro atoms. The second-order valence-corrected chi connectivity index (χ2v) is 6.07. The lowest BCUT2D eigenvalue weighted by atomic mass is 10.1. The first kappa shape index (κ1) is 18.1. The van der Waals surface area contributed by atoms with Crippen molar-refractivity contribution < 1.29 is 18.0 Å². The Balaban J connectivity index is 1.89. The highest BCUT2D eigenvalue weighted by Gasteiger charge is 2.37. The van der Waals surface area contributed by atoms with Crippen LogP contribution in [0, 0.1) is 13.8 Å². The van der Waals surface area contributed by atoms with E-state index in [0.717, 1.165) is 4.52 Å². The number of nitrogens with zero attached hydrogens (tertiary/aromatic N) is 4. The number of carbonyl (C=O) groups is 1. The number of alkyl halides is 3. The maximum atomic E-state index is 12.8. The lowest BCUT2D eigenvalue weighted by Crippen LogP contribution is -2.17. The van der Waals surface area contributed by atoms with Crippen LogP contribution in [-0.2, 0) is 17.4 Å². The van der Waals surface area contributed by atoms with Crippen LogP contribution in [0.5, 0.6) is 0 Å². The zero-order valence-corrected chi connectivity index (χ0v) is 14.5. The number of carbonyl (C=O) groups excluding carboxylic acids is 1. The molecule has 136 valence electrons. The van der Waals surface area contributed by atoms with E-state index in [2.05, 4.69) is 20.4 Å². The van der Waals surface area contributed by atoms with Crippen LogP contribution in [0.2, 0.25) is 5.02 Å². The van der Waals surface area contributed by atoms with Gasteiger partial charge in [0.25, 0.3) is 11.6 Å². The van der Waals surface area contributed by atoms with Crippen LogP contribution >= 0.6 is 11.6 Å². The molecule has 0 aliphatic rings. The van der Waals surface area contributed by atoms with Gasteiger partial charge in [-0.2, -0.15) is 18.2 Å². The van der Waals surface area contributed by atoms with Gasteiger partial charge in [-0.25, -0.2) is 9.50 Å². The van der Waals surface area contributed by atoms with Crippen molar-refractivity contribution in [3.63, 3.8) is 0 Å². The number of amides is 1. The molecule has 26 heavy (non-hydrogen) atoms. The highest BCUT2D eigenvalue weighted by atomic mass is 35.5. The number of hydrogen-bond donors (Lipinski definition) is 1. The minimum absolute atomic E-state index is 0.0650. The predicted octanol–water partition coefficient (Wildman–Crippen LogP) is 3.59. The number of aryl methyl sites for hydroxylation is 2. The number of hydrogen-bond acceptors (Lipinski definition) is 4. The Kier molecular flexibility index (Phi) is 4.57. The summed E-state index contributed by atoms with van der Waals surface area (Å²) >= 11 is 5.79. The summed E-state index contributed by atoms with van der Waals surface area (Å²) in [5.41, 5.74) is 1.84. The summed E-state index contributed by atoms with van der Waals surface area (Å²) in [5.74, 6) is -1.76. The zero-order chi connectivity index (χ0) is 19.1. The standard InChI is InChI=1S/C16H13ClF3N5O/c1-8-12(7-13(26)22-11-5-3-10(17)4-6-11)9(2)25-15(21-8)23-14(24-25)16(18,19)20/h3-6H,7H2,1-2H3,(H,22,26). The summed E-state index contributed by atoms with van der Waals surface area (Å²) < 4.78 is 39.4. The van der Waals surface area contributed by atoms with E-state index in [-0.39, 0.29) is 18.1 Å². The fourth-order valence-electron chi connectivity index (χ4n) is 2.48. The zero-order valence-electron chi connectivity index (χ0n) is 13.7. The molecule has 0 aliphatic heterocycles. The van der Waals surface area contributed by atoms with Gasteiger partial charge in [-0.3, -0.25) is 4.79 Å². The molecule has 2 heterocycles. The van der Waals surface area contributed by atoms with Crippen LogP contribution < -0.4 is 5.32 Å². The van der Waals surface area contributed by atoms with Crippen molar-refractivity contribution in [3.05, 3.63) is 52.1 Å². The molecule has 3 aromatic rings. The van der Waals surface area contributed by atoms with Crippen LogP contribution in [0.1, 0.15) is 22.8 Å². The van der Waals surface area contributed by atoms with Crippen LogP contribution in [-0.4, -0.2) is 25.5 Å². The summed E-state index contributed by atoms with van der Waals surface area (Å²) in [4.78, 5) is 19.7. The highest BCUT2D eigenvalue weighted by Crippen LogP contribution is 2.27. The first-order chi connectivity index (χ1) is 12.1. The Morgan fingerprint density at radius 1 is 1.19 bits per heavy atom. The topological polar surface area (TPSA) is 72.2 Å². The van der Waals surface area contributed by atoms with Gasteiger partial charge in [-0.15, -0.1) is 5.10 Å². The average Bonchev–Trinajstić information content (AvgIpc) is 2.98. The number of fused-ring (bicyclic) bond motifs is 1. The molecule has 0 unspecified atom stereocenters. The molecule has 0 bridgehead atoms. The molecule has 0 fully saturated rings. The van der Waals surface area contributed by atoms with Gasteiger partial charge in [-0.05, 0) is 38.1 Å². The lowest BCUT2D eigenvalue weighted by molar-refractivity contribution is -0.144. The number of halogens is 4. The van der Waals surface area contributed by atoms with E-state index in [0.29, 0.717) is 27.7 Å². The van der Waals surface area contributed by atoms with E-state index < -0.39 is 12.0 Å². The van der Waals surface area contributed by atoms with Gasteiger partial charge in [0.2, 0.25) is 5.91 Å². The molecule has 1 N–H and O–H groups in total. The van der Waals surface area contributed by atoms with Gasteiger partial charge >= 0.3 is 6.18 Å². The maximum absolute atomic E-state index is 12.8. The second kappa shape index (κ2) is 6.56. The predicted molar refractivity (Wildman–Crippen MR) is 89.0 cm³/mol. The summed E-state index contributed by atoms with van der Waals surface area (Å²) in [7, 11) is 0. The summed E-state index contributed by atoms with van der Waals surface area (Å²) in [6.07, 6.45) is -4.73. The van der Waals surface area contributed by atoms with Crippen molar-refractivity contribution in [1.29, 1.82) is 0 Å². The molecule has 3 rings (SSSR count). The summed E-state index contributed by atoms with van der Waals surface area (Å²) in [6.45, 7) is 3.18. The van der Waals surface area contributed by atoms with Crippen molar-refractivity contribution in [2.45, 2.75) is 26.4 Å². The van der Waals surface area contributed by atoms with E-state index in [4.69, 9.17) is 11.6 Å². The highest BCUT2D eigenvalue weighted by molar-refractivity contribution is 6.30. The number of benzene rings is 1. The summed E-state index contributed by atoms with van der Waals surface area (Å²) in [5, 5.41) is 6.69. The SMILES string of the molecule is Cc1nc2nc(C(F)(F)F)nn2c(C)c1CC(=O)Nc1ccc(Cl)cc1. The van der Waals surface area contributed by atoms with E-state index in [9.17, 15) is 18.0 Å². The molecular weight excluding hydrogens is 371 g/mol. The first-order valence-electron chi connectivity index (χ1n) is 7.50. The van der Waals surface area contributed by atoms with Crippen molar-refractivity contribution in [2.24, 2.45) is 0 Å². The molecule has 2 aromatic heterocycles. The fourth-order valence-corrected chi connectivity index (χ4v) is 2.61. The van der Waals surface area contributed by atoms with E-state index >= 15 is 0 Å². The van der Waals surface area contributed by atoms with Gasteiger partial charge in [0.15, 0.2) is 0 Å². The first-order valence-corrected chi connectivity index (χ1v) is 7.88. The Labute approximate surface area is 151 Å². The third-order valence-corrected chi connectivity index (χ3v) is 4.02. The van der Waals surface area contributed by atoms with E-state index in [1.807, 2.05) is 0 Å². The molecule has 0 saturated carbocycles. The second-order valence-electron chi connectivity index (χ2n) is 5.64. The fraction of sp³-hybridized carbons (Fsp3) is 0.250. The summed E-state index contributed by atoms with van der Waals surface area (Å²) in [6, 6.07) is 6.56. The largest absolute Gasteiger partial charge is 0.453 e. The molecule has 6 nitrogen and oxygen atoms in total. The molecule has 10 heteroatoms. The lowest BCUT2D eigenvalue weighted by Gasteiger charge is -2.11. The third kappa shape index (κ3) is 3.62. The quantitative estimate of drug-likeness (QED) is 0.750. The Hall–Kier alpha value is -2.68. The minimum Gasteiger partial charge on any atom is -0.326 e. The van der Waals surface area contributed by atoms with Crippen LogP contribution in [0.4, 0.5) is 18.9 Å². The number of anilines is 1. The molecule has 1 aromatic carbocycles. The van der Waals surface area contributed by atoms with Crippen molar-refractivity contribution in [1.82, 2.24) is 19.6 Å². The molecule has 1 amide bonds. The Bertz CT molecular complexity index is 982. The van der Waals surface area contributed by atoms with Gasteiger partial charge < -0.3 is 5.32 Å². The van der Waals surface area contributed by atoms with Gasteiger partial charge in [0.05, 0.1) is 6.42 Å². The Morgan fingerprint density at radius 2 is 1.85 bits per heavy atom. The van der Waals surface area contributed by atoms with Gasteiger partial charge in [0, 0.05) is 27.7 Å². The molecule has 0 saturated heterocycles. The van der Waals surface area contributed by atoms with Gasteiger partial charge in [0.1, 0.15) is 0 Å². The Morgan fingerprint density at radius 3 is 2.46 bits per heavy atom. The van der Waals surface area contributed by atoms with E-state index in [1.165, 1.54) is 0 Å². The number of aromatic nitrogens is 4. The van der Waals surface area contributed by atoms with Gasteiger partial charge in [-0.1, -0.05) is 11.6 Å². The molecule has 0 aliphatic carbocycles. The minimum atomic E-state index is -4.67. The van der Waals surface area contributed by atoms with Crippen molar-refractivity contribution in [2.75, 3.05) is 5.32 Å². The van der Waals surface area contributed by atoms with E-state index in [1.54, 1.807) is 38.1 Å². The normalized spacial score (nSPS) is 11.8. The van der Waals surface area contributed by atoms with Crippen LogP contribution in [0.25, 0.3) is 5.78 Å². The van der Waals surface area contributed by atoms with Crippen LogP contribution in [0.3, 0.4) is 0 Å². The molecule has 0 atom stereocenters. The number of rotatable bonds is 3. The smallest absolute Gasteiger partial charge is 0.326 e. The maximum Gasteiger partial charge on any atom is 0.453 e. The van der Waals surface area contributed by atoms with Crippen LogP contribution in [0.15, 0.2) is 24.3 Å². The average molecular weight is 384 g/mol. The van der Waals surface area contributed by atoms with Crippen molar-refractivity contribution in [3.8, 4) is 0 Å². The third-order valence-electron chi connectivity index (χ3n) is 3.77. The molecule has 0 radical (unpaired) electrons. The number of nitrogens with one attached hydrogen (secondary N) is 1. The van der Waals surface area contributed by atoms with Crippen molar-refractivity contribution >= 4 is 29.0 Å². The molecular formula is C16H13ClF3N5O. The monoisotopic (exact) mass is 383 g/mol.